The van der Waals surface area contributed by atoms with E-state index in [9.17, 15) is 18.7 Å². The van der Waals surface area contributed by atoms with Crippen LogP contribution in [0.2, 0.25) is 0 Å². The highest BCUT2D eigenvalue weighted by molar-refractivity contribution is 5.97. The van der Waals surface area contributed by atoms with Crippen LogP contribution < -0.4 is 4.74 Å². The fourth-order valence-electron chi connectivity index (χ4n) is 4.26. The number of benzene rings is 2. The van der Waals surface area contributed by atoms with E-state index in [-0.39, 0.29) is 29.8 Å². The highest BCUT2D eigenvalue weighted by Crippen LogP contribution is 2.40. The summed E-state index contributed by atoms with van der Waals surface area (Å²) >= 11 is 0. The number of rotatable bonds is 5. The number of nitrogens with zero attached hydrogens (tertiary/aromatic N) is 1. The number of carbonyl (C=O) groups excluding carboxylic acids is 1. The minimum atomic E-state index is -0.785. The second kappa shape index (κ2) is 7.27. The van der Waals surface area contributed by atoms with Crippen LogP contribution in [-0.4, -0.2) is 41.5 Å². The van der Waals surface area contributed by atoms with Crippen molar-refractivity contribution in [1.29, 1.82) is 0 Å². The average molecular weight is 373 g/mol. The third-order valence-electron chi connectivity index (χ3n) is 5.55. The minimum Gasteiger partial charge on any atom is -0.505 e. The number of carbonyl (C=O) groups is 1. The van der Waals surface area contributed by atoms with Crippen molar-refractivity contribution < 1.29 is 23.4 Å². The van der Waals surface area contributed by atoms with Gasteiger partial charge in [-0.2, -0.15) is 0 Å². The average Bonchev–Trinajstić information content (AvgIpc) is 3.17. The maximum absolute atomic E-state index is 13.7. The molecule has 2 aromatic carbocycles. The Bertz CT molecular complexity index is 843. The van der Waals surface area contributed by atoms with Crippen LogP contribution in [0.15, 0.2) is 42.5 Å². The molecule has 1 aliphatic heterocycles. The molecule has 0 radical (unpaired) electrons. The van der Waals surface area contributed by atoms with E-state index in [2.05, 4.69) is 4.90 Å². The molecule has 4 nitrogen and oxygen atoms in total. The first-order valence-electron chi connectivity index (χ1n) is 9.15. The van der Waals surface area contributed by atoms with Gasteiger partial charge in [0.05, 0.1) is 12.6 Å². The van der Waals surface area contributed by atoms with Gasteiger partial charge in [0.15, 0.2) is 28.9 Å². The summed E-state index contributed by atoms with van der Waals surface area (Å²) < 4.78 is 33.0. The zero-order chi connectivity index (χ0) is 19.0. The van der Waals surface area contributed by atoms with Gasteiger partial charge in [0, 0.05) is 18.7 Å². The molecule has 1 saturated carbocycles. The molecule has 2 aliphatic rings. The molecule has 1 saturated heterocycles. The van der Waals surface area contributed by atoms with Gasteiger partial charge in [-0.05, 0) is 55.0 Å². The number of hydrogen-bond acceptors (Lipinski definition) is 4. The summed E-state index contributed by atoms with van der Waals surface area (Å²) in [6.45, 7) is 1.80. The Kier molecular flexibility index (Phi) is 4.83. The third kappa shape index (κ3) is 3.81. The fraction of sp³-hybridized carbons (Fsp3) is 0.381. The second-order valence-electron chi connectivity index (χ2n) is 7.45. The lowest BCUT2D eigenvalue weighted by molar-refractivity contribution is 0.0936. The van der Waals surface area contributed by atoms with Crippen LogP contribution >= 0.6 is 0 Å². The fourth-order valence-corrected chi connectivity index (χ4v) is 4.26. The lowest BCUT2D eigenvalue weighted by Gasteiger charge is -2.19. The van der Waals surface area contributed by atoms with Crippen LogP contribution in [-0.2, 0) is 0 Å². The number of likely N-dealkylation sites (tertiary alicyclic amines) is 1. The van der Waals surface area contributed by atoms with E-state index in [1.807, 2.05) is 0 Å². The normalized spacial score (nSPS) is 24.7. The third-order valence-corrected chi connectivity index (χ3v) is 5.55. The zero-order valence-corrected chi connectivity index (χ0v) is 14.8. The van der Waals surface area contributed by atoms with Crippen molar-refractivity contribution in [3.63, 3.8) is 0 Å². The summed E-state index contributed by atoms with van der Waals surface area (Å²) in [7, 11) is 0. The van der Waals surface area contributed by atoms with Crippen LogP contribution in [0.3, 0.4) is 0 Å². The van der Waals surface area contributed by atoms with Gasteiger partial charge < -0.3 is 9.84 Å². The lowest BCUT2D eigenvalue weighted by Crippen LogP contribution is -2.30. The molecular formula is C21H21F2NO3. The first-order valence-corrected chi connectivity index (χ1v) is 9.15. The van der Waals surface area contributed by atoms with E-state index in [4.69, 9.17) is 4.74 Å². The van der Waals surface area contributed by atoms with Crippen molar-refractivity contribution >= 4 is 5.78 Å². The van der Waals surface area contributed by atoms with Crippen LogP contribution in [0, 0.1) is 23.5 Å². The molecule has 3 atom stereocenters. The molecule has 1 aliphatic carbocycles. The Balaban J connectivity index is 1.31. The Labute approximate surface area is 156 Å². The van der Waals surface area contributed by atoms with E-state index in [1.165, 1.54) is 18.2 Å². The van der Waals surface area contributed by atoms with Gasteiger partial charge >= 0.3 is 0 Å². The van der Waals surface area contributed by atoms with E-state index in [1.54, 1.807) is 18.2 Å². The number of aromatic hydroxyl groups is 1. The maximum atomic E-state index is 13.7. The summed E-state index contributed by atoms with van der Waals surface area (Å²) in [5.74, 6) is -0.604. The molecule has 142 valence electrons. The molecule has 2 aromatic rings. The van der Waals surface area contributed by atoms with Gasteiger partial charge in [0.25, 0.3) is 0 Å². The molecule has 1 unspecified atom stereocenters. The van der Waals surface area contributed by atoms with Crippen LogP contribution in [0.4, 0.5) is 8.78 Å². The number of halogens is 2. The van der Waals surface area contributed by atoms with Crippen LogP contribution in [0.5, 0.6) is 11.5 Å². The van der Waals surface area contributed by atoms with Crippen molar-refractivity contribution in [2.45, 2.75) is 18.9 Å². The monoisotopic (exact) mass is 373 g/mol. The van der Waals surface area contributed by atoms with E-state index in [0.29, 0.717) is 17.6 Å². The molecule has 2 fully saturated rings. The second-order valence-corrected chi connectivity index (χ2v) is 7.45. The molecule has 0 bridgehead atoms. The molecule has 6 heteroatoms. The summed E-state index contributed by atoms with van der Waals surface area (Å²) in [6, 6.07) is 10.2. The van der Waals surface area contributed by atoms with Crippen molar-refractivity contribution in [2.24, 2.45) is 11.8 Å². The number of ether oxygens (including phenoxy) is 1. The quantitative estimate of drug-likeness (QED) is 0.813. The summed E-state index contributed by atoms with van der Waals surface area (Å²) in [5.41, 5.74) is 0.267. The smallest absolute Gasteiger partial charge is 0.176 e. The van der Waals surface area contributed by atoms with Crippen LogP contribution in [0.25, 0.3) is 0 Å². The molecule has 0 spiro atoms. The number of hydrogen-bond donors (Lipinski definition) is 1. The summed E-state index contributed by atoms with van der Waals surface area (Å²) in [6.07, 6.45) is 1.69. The van der Waals surface area contributed by atoms with Gasteiger partial charge in [0.2, 0.25) is 0 Å². The number of phenolic OH excluding ortho intramolecular Hbond substituents is 1. The number of Topliss-reactive ketones (excluding diaryl/α,β-unsaturated/α-hetero) is 1. The van der Waals surface area contributed by atoms with E-state index < -0.39 is 11.6 Å². The van der Waals surface area contributed by atoms with Gasteiger partial charge in [-0.15, -0.1) is 0 Å². The summed E-state index contributed by atoms with van der Waals surface area (Å²) in [5, 5.41) is 9.23. The number of fused-ring (bicyclic) bond motifs is 1. The largest absolute Gasteiger partial charge is 0.505 e. The predicted molar refractivity (Wildman–Crippen MR) is 95.9 cm³/mol. The highest BCUT2D eigenvalue weighted by atomic mass is 19.1. The number of ketones is 1. The van der Waals surface area contributed by atoms with Crippen molar-refractivity contribution in [2.75, 3.05) is 19.6 Å². The van der Waals surface area contributed by atoms with E-state index in [0.717, 1.165) is 32.0 Å². The lowest BCUT2D eigenvalue weighted by atomic mass is 10.0. The molecular weight excluding hydrogens is 352 g/mol. The van der Waals surface area contributed by atoms with Gasteiger partial charge in [-0.3, -0.25) is 9.69 Å². The first kappa shape index (κ1) is 17.9. The Morgan fingerprint density at radius 2 is 1.78 bits per heavy atom. The Morgan fingerprint density at radius 1 is 1.07 bits per heavy atom. The maximum Gasteiger partial charge on any atom is 0.176 e. The minimum absolute atomic E-state index is 0.000876. The molecule has 4 rings (SSSR count). The van der Waals surface area contributed by atoms with Crippen LogP contribution in [0.1, 0.15) is 23.2 Å². The Morgan fingerprint density at radius 3 is 2.44 bits per heavy atom. The summed E-state index contributed by atoms with van der Waals surface area (Å²) in [4.78, 5) is 14.5. The first-order chi connectivity index (χ1) is 13.0. The van der Waals surface area contributed by atoms with Gasteiger partial charge in [-0.25, -0.2) is 8.78 Å². The predicted octanol–water partition coefficient (Wildman–Crippen LogP) is 3.64. The Hall–Kier alpha value is -2.47. The van der Waals surface area contributed by atoms with E-state index >= 15 is 0 Å². The number of phenols is 1. The van der Waals surface area contributed by atoms with Crippen molar-refractivity contribution in [1.82, 2.24) is 4.90 Å². The number of para-hydroxylation sites is 1. The van der Waals surface area contributed by atoms with Gasteiger partial charge in [-0.1, -0.05) is 12.1 Å². The standard InChI is InChI=1S/C21H21F2NO3/c22-17-3-1-2-4-21(17)27-16-7-14-10-24(11-15(14)8-16)12-20(26)13-5-6-19(25)18(23)9-13/h1-6,9,14-16,25H,7-8,10-12H2/t14-,15+,16?. The van der Waals surface area contributed by atoms with Crippen molar-refractivity contribution in [3.8, 4) is 11.5 Å². The zero-order valence-electron chi connectivity index (χ0n) is 14.8. The topological polar surface area (TPSA) is 49.8 Å². The molecule has 27 heavy (non-hydrogen) atoms. The highest BCUT2D eigenvalue weighted by Gasteiger charge is 2.42. The molecule has 1 heterocycles. The molecule has 0 aromatic heterocycles. The van der Waals surface area contributed by atoms with Gasteiger partial charge in [0.1, 0.15) is 0 Å². The van der Waals surface area contributed by atoms with Crippen molar-refractivity contribution in [3.05, 3.63) is 59.7 Å². The molecule has 1 N–H and O–H groups in total. The molecule has 0 amide bonds. The SMILES string of the molecule is O=C(CN1C[C@H]2CC(Oc3ccccc3F)C[C@H]2C1)c1ccc(O)c(F)c1.